The van der Waals surface area contributed by atoms with Crippen LogP contribution in [-0.2, 0) is 10.0 Å². The van der Waals surface area contributed by atoms with Crippen LogP contribution in [0, 0.1) is 6.92 Å². The molecule has 0 unspecified atom stereocenters. The van der Waals surface area contributed by atoms with E-state index in [1.165, 1.54) is 6.07 Å². The maximum Gasteiger partial charge on any atom is 0.263 e. The van der Waals surface area contributed by atoms with Gasteiger partial charge in [0.1, 0.15) is 10.6 Å². The van der Waals surface area contributed by atoms with Gasteiger partial charge >= 0.3 is 0 Å². The monoisotopic (exact) mass is 292 g/mol. The molecule has 0 saturated heterocycles. The number of methoxy groups -OCH3 is 1. The number of anilines is 2. The Labute approximate surface area is 118 Å². The van der Waals surface area contributed by atoms with Crippen LogP contribution in [0.4, 0.5) is 11.4 Å². The molecule has 2 rings (SSSR count). The van der Waals surface area contributed by atoms with Gasteiger partial charge in [-0.3, -0.25) is 4.72 Å². The lowest BCUT2D eigenvalue weighted by molar-refractivity contribution is 0.414. The zero-order valence-corrected chi connectivity index (χ0v) is 12.1. The van der Waals surface area contributed by atoms with E-state index in [9.17, 15) is 8.42 Å². The van der Waals surface area contributed by atoms with Crippen LogP contribution in [-0.4, -0.2) is 15.5 Å². The number of benzene rings is 2. The SMILES string of the molecule is COc1ccc(NS(=O)(=O)c2ccccc2N)c(C)c1. The molecule has 0 saturated carbocycles. The number of hydrogen-bond donors (Lipinski definition) is 2. The van der Waals surface area contributed by atoms with Crippen molar-refractivity contribution in [3.05, 3.63) is 48.0 Å². The number of rotatable bonds is 4. The topological polar surface area (TPSA) is 81.4 Å². The Hall–Kier alpha value is -2.21. The fraction of sp³-hybridized carbons (Fsp3) is 0.143. The minimum absolute atomic E-state index is 0.0650. The van der Waals surface area contributed by atoms with Gasteiger partial charge in [-0.2, -0.15) is 0 Å². The first-order valence-electron chi connectivity index (χ1n) is 5.96. The lowest BCUT2D eigenvalue weighted by atomic mass is 10.2. The number of hydrogen-bond acceptors (Lipinski definition) is 4. The fourth-order valence-corrected chi connectivity index (χ4v) is 3.07. The third-order valence-electron chi connectivity index (χ3n) is 2.89. The first kappa shape index (κ1) is 14.2. The first-order valence-corrected chi connectivity index (χ1v) is 7.44. The highest BCUT2D eigenvalue weighted by Gasteiger charge is 2.17. The Balaban J connectivity index is 2.36. The maximum absolute atomic E-state index is 12.3. The summed E-state index contributed by atoms with van der Waals surface area (Å²) in [5, 5.41) is 0. The van der Waals surface area contributed by atoms with Crippen molar-refractivity contribution in [2.24, 2.45) is 0 Å². The van der Waals surface area contributed by atoms with Gasteiger partial charge in [0.25, 0.3) is 10.0 Å². The molecule has 0 bridgehead atoms. The van der Waals surface area contributed by atoms with Crippen molar-refractivity contribution in [3.8, 4) is 5.75 Å². The molecule has 0 spiro atoms. The van der Waals surface area contributed by atoms with Gasteiger partial charge in [0, 0.05) is 0 Å². The summed E-state index contributed by atoms with van der Waals surface area (Å²) in [6.45, 7) is 1.80. The van der Waals surface area contributed by atoms with E-state index in [-0.39, 0.29) is 10.6 Å². The van der Waals surface area contributed by atoms with E-state index in [4.69, 9.17) is 10.5 Å². The largest absolute Gasteiger partial charge is 0.497 e. The van der Waals surface area contributed by atoms with E-state index in [1.54, 1.807) is 50.4 Å². The molecule has 6 heteroatoms. The average Bonchev–Trinajstić information content (AvgIpc) is 2.41. The van der Waals surface area contributed by atoms with Gasteiger partial charge in [0.2, 0.25) is 0 Å². The van der Waals surface area contributed by atoms with Crippen LogP contribution in [0.15, 0.2) is 47.4 Å². The summed E-state index contributed by atoms with van der Waals surface area (Å²) in [5.41, 5.74) is 7.18. The molecule has 0 aromatic heterocycles. The standard InChI is InChI=1S/C14H16N2O3S/c1-10-9-11(19-2)7-8-13(10)16-20(17,18)14-6-4-3-5-12(14)15/h3-9,16H,15H2,1-2H3. The lowest BCUT2D eigenvalue weighted by Gasteiger charge is -2.12. The molecule has 0 aliphatic heterocycles. The predicted molar refractivity (Wildman–Crippen MR) is 79.4 cm³/mol. The number of nitrogen functional groups attached to an aromatic ring is 1. The molecule has 5 nitrogen and oxygen atoms in total. The minimum atomic E-state index is -3.70. The molecule has 0 aliphatic carbocycles. The quantitative estimate of drug-likeness (QED) is 0.848. The summed E-state index contributed by atoms with van der Waals surface area (Å²) in [6.07, 6.45) is 0. The molecule has 0 heterocycles. The van der Waals surface area contributed by atoms with Crippen LogP contribution in [0.25, 0.3) is 0 Å². The van der Waals surface area contributed by atoms with E-state index in [1.807, 2.05) is 0 Å². The van der Waals surface area contributed by atoms with Gasteiger partial charge in [-0.05, 0) is 42.8 Å². The molecule has 2 aromatic carbocycles. The zero-order chi connectivity index (χ0) is 14.8. The van der Waals surface area contributed by atoms with Crippen LogP contribution < -0.4 is 15.2 Å². The fourth-order valence-electron chi connectivity index (χ4n) is 1.80. The van der Waals surface area contributed by atoms with Crippen molar-refractivity contribution in [1.29, 1.82) is 0 Å². The number of nitrogens with two attached hydrogens (primary N) is 1. The first-order chi connectivity index (χ1) is 9.44. The Morgan fingerprint density at radius 3 is 2.45 bits per heavy atom. The summed E-state index contributed by atoms with van der Waals surface area (Å²) in [7, 11) is -2.14. The number of ether oxygens (including phenoxy) is 1. The van der Waals surface area contributed by atoms with Gasteiger partial charge in [-0.1, -0.05) is 12.1 Å². The predicted octanol–water partition coefficient (Wildman–Crippen LogP) is 2.39. The van der Waals surface area contributed by atoms with Crippen molar-refractivity contribution in [1.82, 2.24) is 0 Å². The Morgan fingerprint density at radius 2 is 1.85 bits per heavy atom. The summed E-state index contributed by atoms with van der Waals surface area (Å²) >= 11 is 0. The smallest absolute Gasteiger partial charge is 0.263 e. The van der Waals surface area contributed by atoms with Crippen LogP contribution >= 0.6 is 0 Å². The molecular weight excluding hydrogens is 276 g/mol. The van der Waals surface area contributed by atoms with Gasteiger partial charge in [0.05, 0.1) is 18.5 Å². The second-order valence-corrected chi connectivity index (χ2v) is 5.98. The highest BCUT2D eigenvalue weighted by atomic mass is 32.2. The van der Waals surface area contributed by atoms with Crippen LogP contribution in [0.2, 0.25) is 0 Å². The second-order valence-electron chi connectivity index (χ2n) is 4.32. The second kappa shape index (κ2) is 5.42. The summed E-state index contributed by atoms with van der Waals surface area (Å²) < 4.78 is 32.2. The lowest BCUT2D eigenvalue weighted by Crippen LogP contribution is -2.15. The minimum Gasteiger partial charge on any atom is -0.497 e. The van der Waals surface area contributed by atoms with E-state index >= 15 is 0 Å². The molecule has 0 fully saturated rings. The van der Waals surface area contributed by atoms with Crippen molar-refractivity contribution in [2.45, 2.75) is 11.8 Å². The van der Waals surface area contributed by atoms with Crippen molar-refractivity contribution < 1.29 is 13.2 Å². The molecule has 2 aromatic rings. The molecule has 0 atom stereocenters. The molecule has 0 radical (unpaired) electrons. The van der Waals surface area contributed by atoms with Crippen LogP contribution in [0.1, 0.15) is 5.56 Å². The molecule has 0 aliphatic rings. The number of sulfonamides is 1. The van der Waals surface area contributed by atoms with Crippen molar-refractivity contribution in [2.75, 3.05) is 17.6 Å². The molecule has 106 valence electrons. The van der Waals surface area contributed by atoms with Crippen LogP contribution in [0.5, 0.6) is 5.75 Å². The third kappa shape index (κ3) is 2.85. The number of nitrogens with one attached hydrogen (secondary N) is 1. The normalized spacial score (nSPS) is 11.1. The van der Waals surface area contributed by atoms with E-state index < -0.39 is 10.0 Å². The molecular formula is C14H16N2O3S. The van der Waals surface area contributed by atoms with Crippen molar-refractivity contribution >= 4 is 21.4 Å². The average molecular weight is 292 g/mol. The summed E-state index contributed by atoms with van der Waals surface area (Å²) in [4.78, 5) is 0.0650. The zero-order valence-electron chi connectivity index (χ0n) is 11.3. The third-order valence-corrected chi connectivity index (χ3v) is 4.33. The van der Waals surface area contributed by atoms with E-state index in [0.29, 0.717) is 11.4 Å². The number of para-hydroxylation sites is 1. The molecule has 3 N–H and O–H groups in total. The van der Waals surface area contributed by atoms with Gasteiger partial charge in [-0.25, -0.2) is 8.42 Å². The molecule has 0 amide bonds. The van der Waals surface area contributed by atoms with Gasteiger partial charge < -0.3 is 10.5 Å². The van der Waals surface area contributed by atoms with Gasteiger partial charge in [0.15, 0.2) is 0 Å². The van der Waals surface area contributed by atoms with Gasteiger partial charge in [-0.15, -0.1) is 0 Å². The Bertz CT molecular complexity index is 727. The van der Waals surface area contributed by atoms with E-state index in [2.05, 4.69) is 4.72 Å². The van der Waals surface area contributed by atoms with Crippen molar-refractivity contribution in [3.63, 3.8) is 0 Å². The Morgan fingerprint density at radius 1 is 1.15 bits per heavy atom. The number of aryl methyl sites for hydroxylation is 1. The Kier molecular flexibility index (Phi) is 3.85. The van der Waals surface area contributed by atoms with Crippen LogP contribution in [0.3, 0.4) is 0 Å². The maximum atomic E-state index is 12.3. The molecule has 20 heavy (non-hydrogen) atoms. The summed E-state index contributed by atoms with van der Waals surface area (Å²) in [5.74, 6) is 0.671. The highest BCUT2D eigenvalue weighted by Crippen LogP contribution is 2.25. The van der Waals surface area contributed by atoms with E-state index in [0.717, 1.165) is 5.56 Å². The highest BCUT2D eigenvalue weighted by molar-refractivity contribution is 7.92. The summed E-state index contributed by atoms with van der Waals surface area (Å²) in [6, 6.07) is 11.4.